The molecule has 1 aromatic heterocycles. The lowest BCUT2D eigenvalue weighted by atomic mass is 10.1. The number of anilines is 3. The first kappa shape index (κ1) is 17.1. The topological polar surface area (TPSA) is 46.6 Å². The minimum absolute atomic E-state index is 0.696. The first-order valence-electron chi connectivity index (χ1n) is 7.83. The molecule has 0 spiro atoms. The second-order valence-electron chi connectivity index (χ2n) is 5.67. The fraction of sp³-hybridized carbons (Fsp3) is 0.211. The Morgan fingerprint density at radius 2 is 1.68 bits per heavy atom. The summed E-state index contributed by atoms with van der Waals surface area (Å²) < 4.78 is 10.6. The van der Waals surface area contributed by atoms with E-state index in [-0.39, 0.29) is 0 Å². The van der Waals surface area contributed by atoms with Crippen LogP contribution in [0.1, 0.15) is 0 Å². The van der Waals surface area contributed by atoms with Gasteiger partial charge in [0.05, 0.1) is 19.9 Å². The van der Waals surface area contributed by atoms with Crippen molar-refractivity contribution >= 4 is 27.8 Å². The minimum Gasteiger partial charge on any atom is -0.493 e. The Morgan fingerprint density at radius 3 is 2.32 bits per heavy atom. The Labute approximate surface area is 151 Å². The normalized spacial score (nSPS) is 10.4. The summed E-state index contributed by atoms with van der Waals surface area (Å²) in [6, 6.07) is 14.0. The van der Waals surface area contributed by atoms with Crippen LogP contribution in [-0.2, 0) is 0 Å². The lowest BCUT2D eigenvalue weighted by Gasteiger charge is -2.12. The molecule has 0 amide bonds. The first-order chi connectivity index (χ1) is 12.1. The molecule has 0 atom stereocenters. The van der Waals surface area contributed by atoms with Crippen LogP contribution in [0.15, 0.2) is 47.8 Å². The molecule has 1 heterocycles. The second-order valence-corrected chi connectivity index (χ2v) is 6.53. The predicted molar refractivity (Wildman–Crippen MR) is 105 cm³/mol. The summed E-state index contributed by atoms with van der Waals surface area (Å²) in [6.45, 7) is 0. The van der Waals surface area contributed by atoms with Crippen LogP contribution in [0.25, 0.3) is 11.3 Å². The van der Waals surface area contributed by atoms with Crippen LogP contribution >= 0.6 is 11.3 Å². The molecule has 0 fully saturated rings. The van der Waals surface area contributed by atoms with Crippen molar-refractivity contribution in [2.45, 2.75) is 0 Å². The quantitative estimate of drug-likeness (QED) is 0.698. The molecule has 130 valence electrons. The van der Waals surface area contributed by atoms with Gasteiger partial charge in [0.25, 0.3) is 0 Å². The largest absolute Gasteiger partial charge is 0.493 e. The van der Waals surface area contributed by atoms with Crippen molar-refractivity contribution < 1.29 is 9.47 Å². The number of methoxy groups -OCH3 is 2. The van der Waals surface area contributed by atoms with Gasteiger partial charge < -0.3 is 19.7 Å². The molecule has 5 nitrogen and oxygen atoms in total. The summed E-state index contributed by atoms with van der Waals surface area (Å²) in [4.78, 5) is 6.74. The van der Waals surface area contributed by atoms with Gasteiger partial charge in [0.2, 0.25) is 0 Å². The lowest BCUT2D eigenvalue weighted by molar-refractivity contribution is 0.355. The van der Waals surface area contributed by atoms with Gasteiger partial charge in [0, 0.05) is 36.4 Å². The molecular weight excluding hydrogens is 334 g/mol. The van der Waals surface area contributed by atoms with E-state index >= 15 is 0 Å². The van der Waals surface area contributed by atoms with E-state index in [1.807, 2.05) is 49.8 Å². The molecule has 25 heavy (non-hydrogen) atoms. The Morgan fingerprint density at radius 1 is 0.960 bits per heavy atom. The molecule has 6 heteroatoms. The Hall–Kier alpha value is -2.73. The van der Waals surface area contributed by atoms with Crippen molar-refractivity contribution in [2.75, 3.05) is 38.5 Å². The molecular formula is C19H21N3O2S. The van der Waals surface area contributed by atoms with Crippen LogP contribution in [0.2, 0.25) is 0 Å². The number of nitrogens with one attached hydrogen (secondary N) is 1. The number of hydrogen-bond acceptors (Lipinski definition) is 6. The zero-order chi connectivity index (χ0) is 17.8. The third-order valence-electron chi connectivity index (χ3n) is 3.82. The van der Waals surface area contributed by atoms with E-state index in [1.165, 1.54) is 0 Å². The van der Waals surface area contributed by atoms with Gasteiger partial charge in [-0.1, -0.05) is 0 Å². The standard InChI is InChI=1S/C19H21N3O2S/c1-22(2)15-8-6-14(7-9-15)20-19-21-16(12-25-19)13-5-10-17(23-3)18(11-13)24-4/h5-12H,1-4H3,(H,20,21). The number of ether oxygens (including phenoxy) is 2. The van der Waals surface area contributed by atoms with Gasteiger partial charge in [0.15, 0.2) is 16.6 Å². The molecule has 0 saturated carbocycles. The zero-order valence-corrected chi connectivity index (χ0v) is 15.6. The maximum atomic E-state index is 5.36. The fourth-order valence-corrected chi connectivity index (χ4v) is 3.17. The monoisotopic (exact) mass is 355 g/mol. The first-order valence-corrected chi connectivity index (χ1v) is 8.71. The summed E-state index contributed by atoms with van der Waals surface area (Å²) in [5.41, 5.74) is 4.07. The molecule has 0 aliphatic heterocycles. The number of aromatic nitrogens is 1. The Bertz CT molecular complexity index is 844. The van der Waals surface area contributed by atoms with Gasteiger partial charge in [-0.15, -0.1) is 11.3 Å². The maximum absolute atomic E-state index is 5.36. The summed E-state index contributed by atoms with van der Waals surface area (Å²) in [7, 11) is 7.31. The van der Waals surface area contributed by atoms with E-state index in [4.69, 9.17) is 9.47 Å². The van der Waals surface area contributed by atoms with Gasteiger partial charge in [0.1, 0.15) is 0 Å². The van der Waals surface area contributed by atoms with Crippen LogP contribution in [-0.4, -0.2) is 33.3 Å². The fourth-order valence-electron chi connectivity index (χ4n) is 2.43. The van der Waals surface area contributed by atoms with E-state index in [2.05, 4.69) is 27.3 Å². The zero-order valence-electron chi connectivity index (χ0n) is 14.7. The second kappa shape index (κ2) is 7.44. The number of hydrogen-bond donors (Lipinski definition) is 1. The van der Waals surface area contributed by atoms with Gasteiger partial charge in [-0.25, -0.2) is 4.98 Å². The Kier molecular flexibility index (Phi) is 5.09. The van der Waals surface area contributed by atoms with Crippen molar-refractivity contribution in [3.05, 3.63) is 47.8 Å². The van der Waals surface area contributed by atoms with E-state index in [0.717, 1.165) is 27.8 Å². The molecule has 0 unspecified atom stereocenters. The highest BCUT2D eigenvalue weighted by Crippen LogP contribution is 2.34. The predicted octanol–water partition coefficient (Wildman–Crippen LogP) is 4.64. The molecule has 3 aromatic rings. The van der Waals surface area contributed by atoms with Crippen LogP contribution in [0.4, 0.5) is 16.5 Å². The van der Waals surface area contributed by atoms with Crippen molar-refractivity contribution in [3.8, 4) is 22.8 Å². The van der Waals surface area contributed by atoms with Gasteiger partial charge in [-0.2, -0.15) is 0 Å². The summed E-state index contributed by atoms with van der Waals surface area (Å²) in [5, 5.41) is 6.22. The average molecular weight is 355 g/mol. The third-order valence-corrected chi connectivity index (χ3v) is 4.58. The SMILES string of the molecule is COc1ccc(-c2csc(Nc3ccc(N(C)C)cc3)n2)cc1OC. The van der Waals surface area contributed by atoms with Crippen LogP contribution in [0.5, 0.6) is 11.5 Å². The Balaban J connectivity index is 1.78. The maximum Gasteiger partial charge on any atom is 0.187 e. The van der Waals surface area contributed by atoms with Gasteiger partial charge >= 0.3 is 0 Å². The highest BCUT2D eigenvalue weighted by atomic mass is 32.1. The van der Waals surface area contributed by atoms with Crippen LogP contribution in [0, 0.1) is 0 Å². The van der Waals surface area contributed by atoms with Crippen molar-refractivity contribution in [3.63, 3.8) is 0 Å². The molecule has 0 bridgehead atoms. The molecule has 3 rings (SSSR count). The minimum atomic E-state index is 0.696. The third kappa shape index (κ3) is 3.85. The van der Waals surface area contributed by atoms with Gasteiger partial charge in [-0.3, -0.25) is 0 Å². The van der Waals surface area contributed by atoms with Gasteiger partial charge in [-0.05, 0) is 42.5 Å². The number of nitrogens with zero attached hydrogens (tertiary/aromatic N) is 2. The van der Waals surface area contributed by atoms with Crippen molar-refractivity contribution in [1.82, 2.24) is 4.98 Å². The van der Waals surface area contributed by atoms with E-state index in [0.29, 0.717) is 11.5 Å². The van der Waals surface area contributed by atoms with E-state index in [9.17, 15) is 0 Å². The summed E-state index contributed by atoms with van der Waals surface area (Å²) >= 11 is 1.57. The van der Waals surface area contributed by atoms with E-state index < -0.39 is 0 Å². The van der Waals surface area contributed by atoms with Crippen LogP contribution < -0.4 is 19.7 Å². The smallest absolute Gasteiger partial charge is 0.187 e. The lowest BCUT2D eigenvalue weighted by Crippen LogP contribution is -2.08. The van der Waals surface area contributed by atoms with Crippen LogP contribution in [0.3, 0.4) is 0 Å². The number of thiazole rings is 1. The highest BCUT2D eigenvalue weighted by molar-refractivity contribution is 7.14. The van der Waals surface area contributed by atoms with Crippen molar-refractivity contribution in [2.24, 2.45) is 0 Å². The summed E-state index contributed by atoms with van der Waals surface area (Å²) in [6.07, 6.45) is 0. The molecule has 0 aliphatic rings. The molecule has 2 aromatic carbocycles. The molecule has 1 N–H and O–H groups in total. The molecule has 0 aliphatic carbocycles. The average Bonchev–Trinajstić information content (AvgIpc) is 3.10. The molecule has 0 radical (unpaired) electrons. The van der Waals surface area contributed by atoms with E-state index in [1.54, 1.807) is 25.6 Å². The highest BCUT2D eigenvalue weighted by Gasteiger charge is 2.09. The van der Waals surface area contributed by atoms with Crippen molar-refractivity contribution in [1.29, 1.82) is 0 Å². The molecule has 0 saturated heterocycles. The summed E-state index contributed by atoms with van der Waals surface area (Å²) in [5.74, 6) is 1.41. The number of benzene rings is 2. The number of rotatable bonds is 6.